The number of aliphatic hydroxyl groups excluding tert-OH is 1. The Bertz CT molecular complexity index is 510. The first-order valence-electron chi connectivity index (χ1n) is 7.62. The number of ether oxygens (including phenoxy) is 1. The maximum atomic E-state index is 10.9. The van der Waals surface area contributed by atoms with Crippen LogP contribution in [-0.2, 0) is 6.42 Å². The third-order valence-corrected chi connectivity index (χ3v) is 5.29. The summed E-state index contributed by atoms with van der Waals surface area (Å²) in [5.41, 5.74) is 2.20. The number of fused-ring (bicyclic) bond motifs is 1. The first-order valence-corrected chi connectivity index (χ1v) is 8.00. The van der Waals surface area contributed by atoms with Crippen LogP contribution in [0, 0.1) is 11.3 Å². The molecule has 20 heavy (non-hydrogen) atoms. The van der Waals surface area contributed by atoms with Crippen molar-refractivity contribution < 1.29 is 9.84 Å². The zero-order valence-electron chi connectivity index (χ0n) is 12.3. The molecule has 1 heterocycles. The highest BCUT2D eigenvalue weighted by molar-refractivity contribution is 6.30. The second-order valence-corrected chi connectivity index (χ2v) is 7.30. The van der Waals surface area contributed by atoms with Crippen LogP contribution in [0.2, 0.25) is 5.02 Å². The average Bonchev–Trinajstić information content (AvgIpc) is 2.84. The minimum absolute atomic E-state index is 0.172. The van der Waals surface area contributed by atoms with Crippen molar-refractivity contribution in [2.24, 2.45) is 11.3 Å². The molecule has 0 aromatic heterocycles. The average molecular weight is 295 g/mol. The van der Waals surface area contributed by atoms with Crippen LogP contribution in [0.3, 0.4) is 0 Å². The second kappa shape index (κ2) is 5.23. The topological polar surface area (TPSA) is 29.5 Å². The summed E-state index contributed by atoms with van der Waals surface area (Å²) in [6.45, 7) is 5.24. The molecule has 0 bridgehead atoms. The van der Waals surface area contributed by atoms with Crippen LogP contribution in [-0.4, -0.2) is 11.7 Å². The molecule has 3 rings (SSSR count). The Balaban J connectivity index is 1.96. The van der Waals surface area contributed by atoms with Crippen molar-refractivity contribution in [1.29, 1.82) is 0 Å². The van der Waals surface area contributed by atoms with Crippen molar-refractivity contribution in [2.45, 2.75) is 52.1 Å². The molecule has 0 saturated heterocycles. The molecule has 2 aliphatic rings. The largest absolute Gasteiger partial charge is 0.493 e. The van der Waals surface area contributed by atoms with E-state index >= 15 is 0 Å². The lowest BCUT2D eigenvalue weighted by atomic mass is 9.65. The Hall–Kier alpha value is -0.730. The predicted octanol–water partition coefficient (Wildman–Crippen LogP) is 4.52. The molecule has 2 nitrogen and oxygen atoms in total. The van der Waals surface area contributed by atoms with Gasteiger partial charge in [-0.15, -0.1) is 0 Å². The summed E-state index contributed by atoms with van der Waals surface area (Å²) >= 11 is 6.22. The van der Waals surface area contributed by atoms with Crippen LogP contribution in [0.15, 0.2) is 12.1 Å². The number of aliphatic hydroxyl groups is 1. The molecule has 0 amide bonds. The molecule has 1 aromatic carbocycles. The van der Waals surface area contributed by atoms with Crippen molar-refractivity contribution >= 4 is 11.6 Å². The van der Waals surface area contributed by atoms with Gasteiger partial charge in [0.25, 0.3) is 0 Å². The zero-order chi connectivity index (χ0) is 14.3. The van der Waals surface area contributed by atoms with Crippen molar-refractivity contribution in [3.63, 3.8) is 0 Å². The van der Waals surface area contributed by atoms with Gasteiger partial charge in [0.1, 0.15) is 5.75 Å². The van der Waals surface area contributed by atoms with Gasteiger partial charge in [0.15, 0.2) is 0 Å². The Morgan fingerprint density at radius 1 is 1.35 bits per heavy atom. The lowest BCUT2D eigenvalue weighted by Crippen LogP contribution is -2.32. The summed E-state index contributed by atoms with van der Waals surface area (Å²) in [5, 5.41) is 11.6. The van der Waals surface area contributed by atoms with Crippen LogP contribution in [0.4, 0.5) is 0 Å². The van der Waals surface area contributed by atoms with E-state index in [2.05, 4.69) is 13.8 Å². The van der Waals surface area contributed by atoms with Gasteiger partial charge in [-0.2, -0.15) is 0 Å². The quantitative estimate of drug-likeness (QED) is 0.868. The summed E-state index contributed by atoms with van der Waals surface area (Å²) in [7, 11) is 0. The summed E-state index contributed by atoms with van der Waals surface area (Å²) in [6, 6.07) is 3.85. The Kier molecular flexibility index (Phi) is 3.72. The van der Waals surface area contributed by atoms with Crippen LogP contribution < -0.4 is 4.74 Å². The van der Waals surface area contributed by atoms with Crippen molar-refractivity contribution in [2.75, 3.05) is 6.61 Å². The number of rotatable bonds is 2. The van der Waals surface area contributed by atoms with Crippen LogP contribution in [0.25, 0.3) is 0 Å². The molecule has 1 fully saturated rings. The molecule has 1 aromatic rings. The first-order chi connectivity index (χ1) is 9.49. The van der Waals surface area contributed by atoms with E-state index in [0.717, 1.165) is 29.7 Å². The first kappa shape index (κ1) is 14.2. The molecule has 2 unspecified atom stereocenters. The van der Waals surface area contributed by atoms with Gasteiger partial charge in [0.05, 0.1) is 12.7 Å². The van der Waals surface area contributed by atoms with Crippen LogP contribution in [0.1, 0.15) is 56.8 Å². The van der Waals surface area contributed by atoms with Crippen molar-refractivity contribution in [1.82, 2.24) is 0 Å². The van der Waals surface area contributed by atoms with Crippen molar-refractivity contribution in [3.8, 4) is 5.75 Å². The predicted molar refractivity (Wildman–Crippen MR) is 81.3 cm³/mol. The van der Waals surface area contributed by atoms with E-state index in [4.69, 9.17) is 16.3 Å². The number of halogens is 1. The van der Waals surface area contributed by atoms with E-state index < -0.39 is 6.10 Å². The van der Waals surface area contributed by atoms with E-state index in [0.29, 0.717) is 11.6 Å². The molecule has 1 aliphatic heterocycles. The van der Waals surface area contributed by atoms with Gasteiger partial charge in [-0.3, -0.25) is 0 Å². The molecule has 110 valence electrons. The van der Waals surface area contributed by atoms with Gasteiger partial charge < -0.3 is 9.84 Å². The SMILES string of the molecule is CC1(C)CCCCC1C(O)c1cc(Cl)cc2c1OCC2. The van der Waals surface area contributed by atoms with Gasteiger partial charge in [0, 0.05) is 17.0 Å². The summed E-state index contributed by atoms with van der Waals surface area (Å²) in [6.07, 6.45) is 5.14. The molecule has 1 saturated carbocycles. The molecule has 1 aliphatic carbocycles. The second-order valence-electron chi connectivity index (χ2n) is 6.87. The standard InChI is InChI=1S/C17H23ClO2/c1-17(2)7-4-3-5-14(17)15(19)13-10-12(18)9-11-6-8-20-16(11)13/h9-10,14-15,19H,3-8H2,1-2H3. The lowest BCUT2D eigenvalue weighted by molar-refractivity contribution is 0.00267. The molecule has 3 heteroatoms. The fraction of sp³-hybridized carbons (Fsp3) is 0.647. The summed E-state index contributed by atoms with van der Waals surface area (Å²) in [5.74, 6) is 1.16. The van der Waals surface area contributed by atoms with Gasteiger partial charge >= 0.3 is 0 Å². The smallest absolute Gasteiger partial charge is 0.128 e. The minimum atomic E-state index is -0.476. The normalized spacial score (nSPS) is 25.9. The fourth-order valence-electron chi connectivity index (χ4n) is 3.84. The molecule has 1 N–H and O–H groups in total. The van der Waals surface area contributed by atoms with E-state index in [-0.39, 0.29) is 11.3 Å². The zero-order valence-corrected chi connectivity index (χ0v) is 13.0. The van der Waals surface area contributed by atoms with E-state index in [1.54, 1.807) is 0 Å². The highest BCUT2D eigenvalue weighted by Gasteiger charge is 2.39. The third kappa shape index (κ3) is 2.44. The minimum Gasteiger partial charge on any atom is -0.493 e. The Labute approximate surface area is 126 Å². The molecule has 2 atom stereocenters. The van der Waals surface area contributed by atoms with Crippen LogP contribution >= 0.6 is 11.6 Å². The molecular weight excluding hydrogens is 272 g/mol. The number of hydrogen-bond acceptors (Lipinski definition) is 2. The summed E-state index contributed by atoms with van der Waals surface area (Å²) < 4.78 is 5.75. The fourth-order valence-corrected chi connectivity index (χ4v) is 4.09. The van der Waals surface area contributed by atoms with Gasteiger partial charge in [-0.1, -0.05) is 38.3 Å². The van der Waals surface area contributed by atoms with Crippen molar-refractivity contribution in [3.05, 3.63) is 28.3 Å². The number of hydrogen-bond donors (Lipinski definition) is 1. The lowest BCUT2D eigenvalue weighted by Gasteiger charge is -2.41. The monoisotopic (exact) mass is 294 g/mol. The Morgan fingerprint density at radius 2 is 2.15 bits per heavy atom. The van der Waals surface area contributed by atoms with Crippen LogP contribution in [0.5, 0.6) is 5.75 Å². The molecule has 0 spiro atoms. The maximum absolute atomic E-state index is 10.9. The highest BCUT2D eigenvalue weighted by atomic mass is 35.5. The number of benzene rings is 1. The summed E-state index contributed by atoms with van der Waals surface area (Å²) in [4.78, 5) is 0. The molecular formula is C17H23ClO2. The van der Waals surface area contributed by atoms with Gasteiger partial charge in [0.2, 0.25) is 0 Å². The highest BCUT2D eigenvalue weighted by Crippen LogP contribution is 2.49. The maximum Gasteiger partial charge on any atom is 0.128 e. The van der Waals surface area contributed by atoms with Gasteiger partial charge in [-0.05, 0) is 41.9 Å². The molecule has 0 radical (unpaired) electrons. The van der Waals surface area contributed by atoms with E-state index in [1.807, 2.05) is 12.1 Å². The third-order valence-electron chi connectivity index (χ3n) is 5.07. The Morgan fingerprint density at radius 3 is 2.90 bits per heavy atom. The van der Waals surface area contributed by atoms with E-state index in [9.17, 15) is 5.11 Å². The van der Waals surface area contributed by atoms with E-state index in [1.165, 1.54) is 19.3 Å². The van der Waals surface area contributed by atoms with Gasteiger partial charge in [-0.25, -0.2) is 0 Å².